The van der Waals surface area contributed by atoms with Crippen molar-refractivity contribution in [2.45, 2.75) is 12.1 Å². The van der Waals surface area contributed by atoms with Gasteiger partial charge in [-0.3, -0.25) is 9.48 Å². The number of carbonyl (C=O) groups is 1. The Labute approximate surface area is 165 Å². The van der Waals surface area contributed by atoms with Crippen LogP contribution in [0.25, 0.3) is 11.4 Å². The fourth-order valence-corrected chi connectivity index (χ4v) is 3.20. The Balaban J connectivity index is 1.56. The van der Waals surface area contributed by atoms with Gasteiger partial charge in [-0.1, -0.05) is 23.4 Å². The summed E-state index contributed by atoms with van der Waals surface area (Å²) in [5.74, 6) is 0.657. The minimum atomic E-state index is -0.228. The second-order valence-electron chi connectivity index (χ2n) is 5.80. The van der Waals surface area contributed by atoms with Crippen LogP contribution in [0.1, 0.15) is 11.3 Å². The van der Waals surface area contributed by atoms with Crippen LogP contribution in [0.15, 0.2) is 40.7 Å². The highest BCUT2D eigenvalue weighted by Gasteiger charge is 2.12. The van der Waals surface area contributed by atoms with Crippen LogP contribution in [-0.2, 0) is 18.9 Å². The van der Waals surface area contributed by atoms with Crippen molar-refractivity contribution in [2.75, 3.05) is 5.75 Å². The Kier molecular flexibility index (Phi) is 5.92. The largest absolute Gasteiger partial charge is 0.305 e. The summed E-state index contributed by atoms with van der Waals surface area (Å²) >= 11 is 7.20. The molecular weight excluding hydrogens is 386 g/mol. The van der Waals surface area contributed by atoms with Crippen LogP contribution < -0.4 is 5.43 Å². The van der Waals surface area contributed by atoms with E-state index in [9.17, 15) is 4.79 Å². The summed E-state index contributed by atoms with van der Waals surface area (Å²) in [7, 11) is 3.69. The van der Waals surface area contributed by atoms with E-state index in [1.54, 1.807) is 23.0 Å². The van der Waals surface area contributed by atoms with Gasteiger partial charge in [-0.15, -0.1) is 10.2 Å². The quantitative estimate of drug-likeness (QED) is 0.388. The Bertz CT molecular complexity index is 978. The predicted molar refractivity (Wildman–Crippen MR) is 106 cm³/mol. The van der Waals surface area contributed by atoms with Crippen molar-refractivity contribution in [3.8, 4) is 11.4 Å². The van der Waals surface area contributed by atoms with Gasteiger partial charge in [-0.25, -0.2) is 5.43 Å². The van der Waals surface area contributed by atoms with Crippen molar-refractivity contribution in [1.82, 2.24) is 30.0 Å². The molecule has 27 heavy (non-hydrogen) atoms. The Morgan fingerprint density at radius 1 is 1.30 bits per heavy atom. The molecule has 0 saturated heterocycles. The highest BCUT2D eigenvalue weighted by Crippen LogP contribution is 2.23. The first-order valence-corrected chi connectivity index (χ1v) is 9.40. The maximum atomic E-state index is 12.0. The van der Waals surface area contributed by atoms with E-state index >= 15 is 0 Å². The molecule has 2 heterocycles. The van der Waals surface area contributed by atoms with E-state index in [4.69, 9.17) is 11.6 Å². The predicted octanol–water partition coefficient (Wildman–Crippen LogP) is 2.42. The van der Waals surface area contributed by atoms with Gasteiger partial charge >= 0.3 is 0 Å². The topological polar surface area (TPSA) is 90.0 Å². The van der Waals surface area contributed by atoms with E-state index in [2.05, 4.69) is 25.8 Å². The number of nitrogens with one attached hydrogen (secondary N) is 1. The maximum Gasteiger partial charge on any atom is 0.250 e. The number of nitrogens with zero attached hydrogens (tertiary/aromatic N) is 6. The second-order valence-corrected chi connectivity index (χ2v) is 7.18. The number of hydrazone groups is 1. The van der Waals surface area contributed by atoms with E-state index in [1.165, 1.54) is 11.8 Å². The van der Waals surface area contributed by atoms with Gasteiger partial charge in [-0.2, -0.15) is 10.2 Å². The van der Waals surface area contributed by atoms with Crippen LogP contribution >= 0.6 is 23.4 Å². The highest BCUT2D eigenvalue weighted by molar-refractivity contribution is 7.99. The lowest BCUT2D eigenvalue weighted by atomic mass is 10.2. The lowest BCUT2D eigenvalue weighted by molar-refractivity contribution is -0.118. The normalized spacial score (nSPS) is 11.3. The molecule has 0 saturated carbocycles. The molecule has 8 nitrogen and oxygen atoms in total. The van der Waals surface area contributed by atoms with Crippen LogP contribution in [0.3, 0.4) is 0 Å². The summed E-state index contributed by atoms with van der Waals surface area (Å²) in [5.41, 5.74) is 5.11. The number of aromatic nitrogens is 5. The van der Waals surface area contributed by atoms with E-state index in [-0.39, 0.29) is 11.7 Å². The zero-order chi connectivity index (χ0) is 19.4. The third kappa shape index (κ3) is 4.75. The van der Waals surface area contributed by atoms with Gasteiger partial charge in [0, 0.05) is 36.4 Å². The number of hydrogen-bond acceptors (Lipinski definition) is 6. The molecule has 1 amide bonds. The number of rotatable bonds is 6. The number of benzene rings is 1. The number of amides is 1. The van der Waals surface area contributed by atoms with Gasteiger partial charge in [0.2, 0.25) is 0 Å². The zero-order valence-electron chi connectivity index (χ0n) is 15.0. The van der Waals surface area contributed by atoms with Crippen molar-refractivity contribution in [3.05, 3.63) is 46.7 Å². The summed E-state index contributed by atoms with van der Waals surface area (Å²) in [4.78, 5) is 12.0. The first-order chi connectivity index (χ1) is 12.9. The van der Waals surface area contributed by atoms with Crippen LogP contribution in [0, 0.1) is 6.92 Å². The summed E-state index contributed by atoms with van der Waals surface area (Å²) in [6.45, 7) is 1.88. The number of carbonyl (C=O) groups excluding carboxylic acids is 1. The Morgan fingerprint density at radius 3 is 2.70 bits per heavy atom. The summed E-state index contributed by atoms with van der Waals surface area (Å²) < 4.78 is 3.53. The van der Waals surface area contributed by atoms with Crippen molar-refractivity contribution in [3.63, 3.8) is 0 Å². The fourth-order valence-electron chi connectivity index (χ4n) is 2.37. The molecule has 3 aromatic rings. The molecule has 0 bridgehead atoms. The van der Waals surface area contributed by atoms with Gasteiger partial charge in [0.25, 0.3) is 5.91 Å². The molecule has 3 rings (SSSR count). The molecule has 0 radical (unpaired) electrons. The van der Waals surface area contributed by atoms with Gasteiger partial charge in [0.15, 0.2) is 11.0 Å². The molecule has 2 aromatic heterocycles. The molecule has 0 aliphatic carbocycles. The molecule has 0 spiro atoms. The van der Waals surface area contributed by atoms with Gasteiger partial charge in [0.05, 0.1) is 17.7 Å². The molecule has 0 atom stereocenters. The molecule has 0 aliphatic heterocycles. The smallest absolute Gasteiger partial charge is 0.250 e. The third-order valence-corrected chi connectivity index (χ3v) is 4.99. The van der Waals surface area contributed by atoms with E-state index in [1.807, 2.05) is 43.9 Å². The average molecular weight is 404 g/mol. The molecule has 0 aliphatic rings. The molecule has 140 valence electrons. The van der Waals surface area contributed by atoms with Crippen LogP contribution in [0.4, 0.5) is 0 Å². The Morgan fingerprint density at radius 2 is 2.04 bits per heavy atom. The molecular formula is C17H18ClN7OS. The third-order valence-electron chi connectivity index (χ3n) is 3.71. The lowest BCUT2D eigenvalue weighted by Crippen LogP contribution is -2.20. The Hall–Kier alpha value is -2.65. The lowest BCUT2D eigenvalue weighted by Gasteiger charge is -2.03. The number of thioether (sulfide) groups is 1. The molecule has 1 aromatic carbocycles. The molecule has 10 heteroatoms. The standard InChI is InChI=1S/C17H18ClN7OS/c1-11-13(9-24(2)23-11)8-19-20-15(26)10-27-17-22-21-16(25(17)3)12-4-6-14(18)7-5-12/h4-9H,10H2,1-3H3,(H,20,26)/b19-8-. The molecule has 1 N–H and O–H groups in total. The van der Waals surface area contributed by atoms with Gasteiger partial charge in [0.1, 0.15) is 0 Å². The SMILES string of the molecule is Cc1nn(C)cc1/C=N\NC(=O)CSc1nnc(-c2ccc(Cl)cc2)n1C. The van der Waals surface area contributed by atoms with Crippen LogP contribution in [-0.4, -0.2) is 42.4 Å². The van der Waals surface area contributed by atoms with Crippen LogP contribution in [0.2, 0.25) is 5.02 Å². The minimum Gasteiger partial charge on any atom is -0.305 e. The minimum absolute atomic E-state index is 0.177. The first kappa shape index (κ1) is 19.1. The number of hydrogen-bond donors (Lipinski definition) is 1. The summed E-state index contributed by atoms with van der Waals surface area (Å²) in [6.07, 6.45) is 3.41. The van der Waals surface area contributed by atoms with Crippen molar-refractivity contribution in [2.24, 2.45) is 19.2 Å². The van der Waals surface area contributed by atoms with Crippen molar-refractivity contribution >= 4 is 35.5 Å². The second kappa shape index (κ2) is 8.36. The highest BCUT2D eigenvalue weighted by atomic mass is 35.5. The molecule has 0 unspecified atom stereocenters. The van der Waals surface area contributed by atoms with Crippen molar-refractivity contribution in [1.29, 1.82) is 0 Å². The zero-order valence-corrected chi connectivity index (χ0v) is 16.6. The summed E-state index contributed by atoms with van der Waals surface area (Å²) in [5, 5.41) is 17.8. The monoisotopic (exact) mass is 403 g/mol. The number of halogens is 1. The average Bonchev–Trinajstić information content (AvgIpc) is 3.15. The van der Waals surface area contributed by atoms with Crippen molar-refractivity contribution < 1.29 is 4.79 Å². The first-order valence-electron chi connectivity index (χ1n) is 8.04. The van der Waals surface area contributed by atoms with Gasteiger partial charge < -0.3 is 4.57 Å². The van der Waals surface area contributed by atoms with Crippen LogP contribution in [0.5, 0.6) is 0 Å². The summed E-state index contributed by atoms with van der Waals surface area (Å²) in [6, 6.07) is 7.35. The number of aryl methyl sites for hydroxylation is 2. The van der Waals surface area contributed by atoms with Gasteiger partial charge in [-0.05, 0) is 31.2 Å². The van der Waals surface area contributed by atoms with E-state index < -0.39 is 0 Å². The van der Waals surface area contributed by atoms with E-state index in [0.29, 0.717) is 16.0 Å². The molecule has 0 fully saturated rings. The maximum absolute atomic E-state index is 12.0. The van der Waals surface area contributed by atoms with E-state index in [0.717, 1.165) is 16.8 Å². The fraction of sp³-hybridized carbons (Fsp3) is 0.235.